The van der Waals surface area contributed by atoms with Crippen LogP contribution < -0.4 is 5.32 Å². The molecule has 1 spiro atoms. The van der Waals surface area contributed by atoms with Crippen molar-refractivity contribution in [3.8, 4) is 0 Å². The second kappa shape index (κ2) is 7.62. The largest absolute Gasteiger partial charge is 0.359 e. The fourth-order valence-corrected chi connectivity index (χ4v) is 5.24. The molecular formula is C25H34N2O. The predicted molar refractivity (Wildman–Crippen MR) is 118 cm³/mol. The smallest absolute Gasteiger partial charge is 0.164 e. The molecule has 0 radical (unpaired) electrons. The Labute approximate surface area is 170 Å². The number of ketones is 1. The molecule has 3 nitrogen and oxygen atoms in total. The van der Waals surface area contributed by atoms with E-state index in [1.807, 2.05) is 6.92 Å². The van der Waals surface area contributed by atoms with Gasteiger partial charge in [0.05, 0.1) is 5.82 Å². The van der Waals surface area contributed by atoms with Gasteiger partial charge in [0.25, 0.3) is 0 Å². The molecule has 28 heavy (non-hydrogen) atoms. The summed E-state index contributed by atoms with van der Waals surface area (Å²) in [5.41, 5.74) is 8.12. The molecule has 1 N–H and O–H groups in total. The summed E-state index contributed by atoms with van der Waals surface area (Å²) in [6.07, 6.45) is 3.76. The summed E-state index contributed by atoms with van der Waals surface area (Å²) in [6.45, 7) is 20.4. The topological polar surface area (TPSA) is 32.3 Å². The third kappa shape index (κ3) is 3.94. The summed E-state index contributed by atoms with van der Waals surface area (Å²) >= 11 is 0. The Morgan fingerprint density at radius 2 is 1.61 bits per heavy atom. The minimum Gasteiger partial charge on any atom is -0.359 e. The summed E-state index contributed by atoms with van der Waals surface area (Å²) in [5.74, 6) is 1.24. The Morgan fingerprint density at radius 1 is 1.04 bits per heavy atom. The number of carbonyl (C=O) groups is 1. The summed E-state index contributed by atoms with van der Waals surface area (Å²) in [7, 11) is 0. The molecule has 1 aromatic carbocycles. The number of piperidine rings is 1. The first-order valence-corrected chi connectivity index (χ1v) is 10.3. The zero-order valence-electron chi connectivity index (χ0n) is 18.2. The van der Waals surface area contributed by atoms with Crippen LogP contribution in [0.3, 0.4) is 0 Å². The molecule has 1 saturated heterocycles. The normalized spacial score (nSPS) is 19.2. The van der Waals surface area contributed by atoms with E-state index in [4.69, 9.17) is 0 Å². The van der Waals surface area contributed by atoms with Crippen molar-refractivity contribution in [2.45, 2.75) is 60.3 Å². The van der Waals surface area contributed by atoms with Gasteiger partial charge in [0.2, 0.25) is 0 Å². The van der Waals surface area contributed by atoms with Crippen molar-refractivity contribution in [1.82, 2.24) is 10.2 Å². The number of hydrogen-bond acceptors (Lipinski definition) is 3. The van der Waals surface area contributed by atoms with E-state index < -0.39 is 0 Å². The standard InChI is InChI=1S/C25H34N2O/c1-16(2)26-21(7)27-10-8-25(9-11-27)14-20(6)24(22(28)15-25)23-18(4)12-17(3)13-19(23)5/h12-13,26H,1,7-11,14-15H2,2-6H3. The molecule has 0 unspecified atom stereocenters. The van der Waals surface area contributed by atoms with Gasteiger partial charge in [0.1, 0.15) is 0 Å². The Kier molecular flexibility index (Phi) is 5.56. The highest BCUT2D eigenvalue weighted by molar-refractivity contribution is 6.23. The van der Waals surface area contributed by atoms with Crippen molar-refractivity contribution in [3.05, 3.63) is 64.6 Å². The number of likely N-dealkylation sites (tertiary alicyclic amines) is 1. The monoisotopic (exact) mass is 378 g/mol. The van der Waals surface area contributed by atoms with E-state index in [9.17, 15) is 4.79 Å². The van der Waals surface area contributed by atoms with E-state index in [-0.39, 0.29) is 5.41 Å². The Hall–Kier alpha value is -2.29. The molecule has 0 saturated carbocycles. The van der Waals surface area contributed by atoms with Crippen LogP contribution in [0.5, 0.6) is 0 Å². The number of Topliss-reactive ketones (excluding diaryl/α,β-unsaturated/α-hetero) is 1. The first-order chi connectivity index (χ1) is 13.1. The minimum atomic E-state index is 0.108. The summed E-state index contributed by atoms with van der Waals surface area (Å²) in [4.78, 5) is 15.6. The number of rotatable bonds is 4. The highest BCUT2D eigenvalue weighted by Gasteiger charge is 2.41. The average molecular weight is 379 g/mol. The number of aryl methyl sites for hydroxylation is 3. The lowest BCUT2D eigenvalue weighted by molar-refractivity contribution is -0.117. The van der Waals surface area contributed by atoms with Gasteiger partial charge in [-0.15, -0.1) is 0 Å². The number of carbonyl (C=O) groups excluding carboxylic acids is 1. The van der Waals surface area contributed by atoms with Crippen LogP contribution in [-0.4, -0.2) is 23.8 Å². The first kappa shape index (κ1) is 20.4. The van der Waals surface area contributed by atoms with Crippen LogP contribution in [-0.2, 0) is 4.79 Å². The van der Waals surface area contributed by atoms with Gasteiger partial charge in [-0.2, -0.15) is 0 Å². The fourth-order valence-electron chi connectivity index (χ4n) is 5.24. The Balaban J connectivity index is 1.82. The fraction of sp³-hybridized carbons (Fsp3) is 0.480. The van der Waals surface area contributed by atoms with Crippen LogP contribution in [0.25, 0.3) is 5.57 Å². The van der Waals surface area contributed by atoms with Crippen LogP contribution >= 0.6 is 0 Å². The van der Waals surface area contributed by atoms with Crippen molar-refractivity contribution in [2.24, 2.45) is 5.41 Å². The third-order valence-corrected chi connectivity index (χ3v) is 6.37. The molecule has 150 valence electrons. The zero-order valence-corrected chi connectivity index (χ0v) is 18.2. The first-order valence-electron chi connectivity index (χ1n) is 10.3. The number of benzene rings is 1. The quantitative estimate of drug-likeness (QED) is 0.759. The lowest BCUT2D eigenvalue weighted by Crippen LogP contribution is -2.44. The molecule has 2 aliphatic rings. The van der Waals surface area contributed by atoms with Gasteiger partial charge < -0.3 is 10.2 Å². The molecule has 3 heteroatoms. The number of nitrogens with zero attached hydrogens (tertiary/aromatic N) is 1. The maximum absolute atomic E-state index is 13.3. The third-order valence-electron chi connectivity index (χ3n) is 6.37. The SMILES string of the molecule is C=C(C)NC(=C)N1CCC2(CC1)CC(=O)C(c1c(C)cc(C)cc1C)=C(C)C2. The van der Waals surface area contributed by atoms with Crippen LogP contribution in [0.15, 0.2) is 42.4 Å². The number of nitrogens with one attached hydrogen (secondary N) is 1. The Morgan fingerprint density at radius 3 is 2.11 bits per heavy atom. The van der Waals surface area contributed by atoms with Crippen molar-refractivity contribution in [3.63, 3.8) is 0 Å². The van der Waals surface area contributed by atoms with Crippen LogP contribution in [0.1, 0.15) is 61.8 Å². The maximum Gasteiger partial charge on any atom is 0.164 e. The van der Waals surface area contributed by atoms with Gasteiger partial charge in [0, 0.05) is 30.8 Å². The van der Waals surface area contributed by atoms with Crippen molar-refractivity contribution in [1.29, 1.82) is 0 Å². The number of hydrogen-bond donors (Lipinski definition) is 1. The lowest BCUT2D eigenvalue weighted by atomic mass is 9.65. The van der Waals surface area contributed by atoms with E-state index >= 15 is 0 Å². The van der Waals surface area contributed by atoms with Crippen LogP contribution in [0.2, 0.25) is 0 Å². The molecule has 1 aromatic rings. The molecule has 1 aliphatic carbocycles. The van der Waals surface area contributed by atoms with Gasteiger partial charge in [0.15, 0.2) is 5.78 Å². The molecule has 0 bridgehead atoms. The van der Waals surface area contributed by atoms with Crippen LogP contribution in [0, 0.1) is 26.2 Å². The second-order valence-corrected chi connectivity index (χ2v) is 9.04. The average Bonchev–Trinajstić information content (AvgIpc) is 2.56. The predicted octanol–water partition coefficient (Wildman–Crippen LogP) is 5.42. The highest BCUT2D eigenvalue weighted by atomic mass is 16.1. The number of allylic oxidation sites excluding steroid dienone is 3. The Bertz CT molecular complexity index is 844. The van der Waals surface area contributed by atoms with E-state index in [2.05, 4.69) is 63.2 Å². The molecule has 1 fully saturated rings. The van der Waals surface area contributed by atoms with Crippen molar-refractivity contribution < 1.29 is 4.79 Å². The molecule has 1 aliphatic heterocycles. The molecule has 0 amide bonds. The summed E-state index contributed by atoms with van der Waals surface area (Å²) in [5, 5.41) is 3.23. The lowest BCUT2D eigenvalue weighted by Gasteiger charge is -2.45. The van der Waals surface area contributed by atoms with Gasteiger partial charge in [-0.3, -0.25) is 4.79 Å². The molecule has 0 aromatic heterocycles. The van der Waals surface area contributed by atoms with Gasteiger partial charge >= 0.3 is 0 Å². The van der Waals surface area contributed by atoms with E-state index in [0.717, 1.165) is 49.4 Å². The van der Waals surface area contributed by atoms with E-state index in [0.29, 0.717) is 12.2 Å². The molecule has 3 rings (SSSR count). The van der Waals surface area contributed by atoms with Gasteiger partial charge in [-0.05, 0) is 76.0 Å². The van der Waals surface area contributed by atoms with Crippen molar-refractivity contribution in [2.75, 3.05) is 13.1 Å². The summed E-state index contributed by atoms with van der Waals surface area (Å²) < 4.78 is 0. The zero-order chi connectivity index (χ0) is 20.6. The van der Waals surface area contributed by atoms with Crippen molar-refractivity contribution >= 4 is 11.4 Å². The second-order valence-electron chi connectivity index (χ2n) is 9.04. The van der Waals surface area contributed by atoms with E-state index in [1.165, 1.54) is 27.8 Å². The molecule has 0 atom stereocenters. The van der Waals surface area contributed by atoms with Gasteiger partial charge in [-0.25, -0.2) is 0 Å². The minimum absolute atomic E-state index is 0.108. The van der Waals surface area contributed by atoms with Gasteiger partial charge in [-0.1, -0.05) is 36.4 Å². The van der Waals surface area contributed by atoms with E-state index in [1.54, 1.807) is 0 Å². The van der Waals surface area contributed by atoms with Crippen LogP contribution in [0.4, 0.5) is 0 Å². The molecule has 1 heterocycles. The summed E-state index contributed by atoms with van der Waals surface area (Å²) in [6, 6.07) is 4.39. The maximum atomic E-state index is 13.3. The molecular weight excluding hydrogens is 344 g/mol. The highest BCUT2D eigenvalue weighted by Crippen LogP contribution is 2.48.